The van der Waals surface area contributed by atoms with Crippen molar-refractivity contribution >= 4 is 23.2 Å². The maximum absolute atomic E-state index is 5.61. The summed E-state index contributed by atoms with van der Waals surface area (Å²) in [7, 11) is 0. The number of hydrogen-bond donors (Lipinski definition) is 1. The second-order valence-electron chi connectivity index (χ2n) is 4.41. The van der Waals surface area contributed by atoms with E-state index in [0.29, 0.717) is 16.7 Å². The van der Waals surface area contributed by atoms with E-state index in [1.165, 1.54) is 0 Å². The van der Waals surface area contributed by atoms with Crippen molar-refractivity contribution in [3.8, 4) is 0 Å². The minimum Gasteiger partial charge on any atom is -0.388 e. The van der Waals surface area contributed by atoms with Gasteiger partial charge in [0.1, 0.15) is 10.7 Å². The average Bonchev–Trinajstić information content (AvgIpc) is 2.39. The highest BCUT2D eigenvalue weighted by Gasteiger charge is 2.15. The van der Waals surface area contributed by atoms with E-state index in [4.69, 9.17) is 18.0 Å². The molecule has 100 valence electrons. The van der Waals surface area contributed by atoms with Gasteiger partial charge >= 0.3 is 0 Å². The SMILES string of the molecule is CCCCN(c1nccc(C(N)=S)n1)C(C)CC. The number of unbranched alkanes of at least 4 members (excludes halogenated alkanes) is 1. The van der Waals surface area contributed by atoms with Crippen molar-refractivity contribution in [2.75, 3.05) is 11.4 Å². The minimum absolute atomic E-state index is 0.318. The standard InChI is InChI=1S/C13H22N4S/c1-4-6-9-17(10(3)5-2)13-15-8-7-11(16-13)12(14)18/h7-8,10H,4-6,9H2,1-3H3,(H2,14,18). The lowest BCUT2D eigenvalue weighted by Gasteiger charge is -2.28. The number of thiocarbonyl (C=S) groups is 1. The van der Waals surface area contributed by atoms with Crippen LogP contribution in [0, 0.1) is 0 Å². The molecule has 0 aliphatic rings. The topological polar surface area (TPSA) is 55.0 Å². The Morgan fingerprint density at radius 3 is 2.78 bits per heavy atom. The number of anilines is 1. The summed E-state index contributed by atoms with van der Waals surface area (Å²) in [4.78, 5) is 11.3. The fourth-order valence-corrected chi connectivity index (χ4v) is 1.80. The Hall–Kier alpha value is -1.23. The number of hydrogen-bond acceptors (Lipinski definition) is 4. The highest BCUT2D eigenvalue weighted by atomic mass is 32.1. The molecule has 1 atom stereocenters. The molecule has 0 spiro atoms. The van der Waals surface area contributed by atoms with Gasteiger partial charge in [0.15, 0.2) is 0 Å². The van der Waals surface area contributed by atoms with Gasteiger partial charge in [-0.2, -0.15) is 0 Å². The lowest BCUT2D eigenvalue weighted by molar-refractivity contribution is 0.582. The second-order valence-corrected chi connectivity index (χ2v) is 4.85. The predicted molar refractivity (Wildman–Crippen MR) is 79.9 cm³/mol. The quantitative estimate of drug-likeness (QED) is 0.769. The van der Waals surface area contributed by atoms with Crippen molar-refractivity contribution < 1.29 is 0 Å². The minimum atomic E-state index is 0.318. The van der Waals surface area contributed by atoms with Crippen LogP contribution in [-0.2, 0) is 0 Å². The van der Waals surface area contributed by atoms with Crippen molar-refractivity contribution in [3.63, 3.8) is 0 Å². The van der Waals surface area contributed by atoms with E-state index in [9.17, 15) is 0 Å². The Bertz CT molecular complexity index is 394. The average molecular weight is 266 g/mol. The van der Waals surface area contributed by atoms with E-state index >= 15 is 0 Å². The molecule has 4 nitrogen and oxygen atoms in total. The van der Waals surface area contributed by atoms with Crippen LogP contribution >= 0.6 is 12.2 Å². The number of aromatic nitrogens is 2. The van der Waals surface area contributed by atoms with Crippen LogP contribution in [0.25, 0.3) is 0 Å². The van der Waals surface area contributed by atoms with Crippen LogP contribution in [0.1, 0.15) is 45.7 Å². The molecule has 0 aliphatic heterocycles. The van der Waals surface area contributed by atoms with Gasteiger partial charge in [0.05, 0.1) is 0 Å². The Kier molecular flexibility index (Phi) is 5.98. The van der Waals surface area contributed by atoms with E-state index < -0.39 is 0 Å². The van der Waals surface area contributed by atoms with Gasteiger partial charge in [-0.25, -0.2) is 9.97 Å². The van der Waals surface area contributed by atoms with E-state index in [0.717, 1.165) is 31.8 Å². The Morgan fingerprint density at radius 1 is 1.50 bits per heavy atom. The molecule has 1 aromatic heterocycles. The fourth-order valence-electron chi connectivity index (χ4n) is 1.69. The third-order valence-corrected chi connectivity index (χ3v) is 3.24. The van der Waals surface area contributed by atoms with Gasteiger partial charge in [-0.15, -0.1) is 0 Å². The second kappa shape index (κ2) is 7.26. The van der Waals surface area contributed by atoms with Gasteiger partial charge in [-0.05, 0) is 25.8 Å². The highest BCUT2D eigenvalue weighted by Crippen LogP contribution is 2.14. The molecular formula is C13H22N4S. The molecular weight excluding hydrogens is 244 g/mol. The first-order chi connectivity index (χ1) is 8.60. The van der Waals surface area contributed by atoms with Crippen molar-refractivity contribution in [2.45, 2.75) is 46.1 Å². The van der Waals surface area contributed by atoms with Gasteiger partial charge in [0.2, 0.25) is 5.95 Å². The molecule has 0 bridgehead atoms. The molecule has 1 rings (SSSR count). The van der Waals surface area contributed by atoms with E-state index in [1.54, 1.807) is 12.3 Å². The summed E-state index contributed by atoms with van der Waals surface area (Å²) < 4.78 is 0. The highest BCUT2D eigenvalue weighted by molar-refractivity contribution is 7.80. The van der Waals surface area contributed by atoms with Gasteiger partial charge in [0.25, 0.3) is 0 Å². The normalized spacial score (nSPS) is 12.2. The number of nitrogens with zero attached hydrogens (tertiary/aromatic N) is 3. The van der Waals surface area contributed by atoms with Crippen LogP contribution < -0.4 is 10.6 Å². The molecule has 0 aromatic carbocycles. The fraction of sp³-hybridized carbons (Fsp3) is 0.615. The van der Waals surface area contributed by atoms with Crippen LogP contribution in [0.5, 0.6) is 0 Å². The largest absolute Gasteiger partial charge is 0.388 e. The number of rotatable bonds is 7. The molecule has 0 aliphatic carbocycles. The van der Waals surface area contributed by atoms with Crippen LogP contribution in [0.4, 0.5) is 5.95 Å². The molecule has 18 heavy (non-hydrogen) atoms. The lowest BCUT2D eigenvalue weighted by Crippen LogP contribution is -2.35. The van der Waals surface area contributed by atoms with Gasteiger partial charge in [-0.1, -0.05) is 32.5 Å². The third-order valence-electron chi connectivity index (χ3n) is 3.03. The zero-order chi connectivity index (χ0) is 13.5. The summed E-state index contributed by atoms with van der Waals surface area (Å²) in [5.41, 5.74) is 6.25. The monoisotopic (exact) mass is 266 g/mol. The number of nitrogens with two attached hydrogens (primary N) is 1. The van der Waals surface area contributed by atoms with Crippen molar-refractivity contribution in [3.05, 3.63) is 18.0 Å². The van der Waals surface area contributed by atoms with Gasteiger partial charge in [0, 0.05) is 18.8 Å². The van der Waals surface area contributed by atoms with E-state index in [-0.39, 0.29) is 0 Å². The molecule has 1 heterocycles. The zero-order valence-corrected chi connectivity index (χ0v) is 12.2. The Labute approximate surface area is 115 Å². The zero-order valence-electron chi connectivity index (χ0n) is 11.4. The van der Waals surface area contributed by atoms with Gasteiger partial charge in [-0.3, -0.25) is 0 Å². The molecule has 0 saturated carbocycles. The first kappa shape index (κ1) is 14.8. The lowest BCUT2D eigenvalue weighted by atomic mass is 10.2. The predicted octanol–water partition coefficient (Wildman–Crippen LogP) is 2.52. The maximum atomic E-state index is 5.61. The maximum Gasteiger partial charge on any atom is 0.226 e. The van der Waals surface area contributed by atoms with Crippen molar-refractivity contribution in [2.24, 2.45) is 5.73 Å². The van der Waals surface area contributed by atoms with Crippen molar-refractivity contribution in [1.82, 2.24) is 9.97 Å². The summed E-state index contributed by atoms with van der Waals surface area (Å²) in [6.07, 6.45) is 5.06. The smallest absolute Gasteiger partial charge is 0.226 e. The van der Waals surface area contributed by atoms with Crippen LogP contribution in [0.3, 0.4) is 0 Å². The summed E-state index contributed by atoms with van der Waals surface area (Å²) in [6.45, 7) is 7.50. The van der Waals surface area contributed by atoms with Crippen molar-refractivity contribution in [1.29, 1.82) is 0 Å². The van der Waals surface area contributed by atoms with E-state index in [2.05, 4.69) is 35.6 Å². The summed E-state index contributed by atoms with van der Waals surface area (Å²) in [5, 5.41) is 0. The van der Waals surface area contributed by atoms with Crippen LogP contribution in [-0.4, -0.2) is 27.5 Å². The molecule has 2 N–H and O–H groups in total. The first-order valence-corrected chi connectivity index (χ1v) is 6.90. The molecule has 5 heteroatoms. The van der Waals surface area contributed by atoms with Crippen LogP contribution in [0.15, 0.2) is 12.3 Å². The molecule has 0 radical (unpaired) electrons. The molecule has 1 aromatic rings. The van der Waals surface area contributed by atoms with E-state index in [1.807, 2.05) is 0 Å². The van der Waals surface area contributed by atoms with Gasteiger partial charge < -0.3 is 10.6 Å². The Balaban J connectivity index is 2.96. The summed E-state index contributed by atoms with van der Waals surface area (Å²) in [5.74, 6) is 0.725. The van der Waals surface area contributed by atoms with Crippen LogP contribution in [0.2, 0.25) is 0 Å². The third kappa shape index (κ3) is 3.91. The molecule has 0 fully saturated rings. The summed E-state index contributed by atoms with van der Waals surface area (Å²) >= 11 is 4.96. The molecule has 1 unspecified atom stereocenters. The summed E-state index contributed by atoms with van der Waals surface area (Å²) in [6, 6.07) is 2.17. The first-order valence-electron chi connectivity index (χ1n) is 6.49. The molecule has 0 amide bonds. The molecule has 0 saturated heterocycles. The Morgan fingerprint density at radius 2 is 2.22 bits per heavy atom.